The minimum atomic E-state index is -1.53. The number of thiazole rings is 1. The van der Waals surface area contributed by atoms with Gasteiger partial charge in [0.1, 0.15) is 23.7 Å². The van der Waals surface area contributed by atoms with E-state index >= 15 is 0 Å². The predicted octanol–water partition coefficient (Wildman–Crippen LogP) is 2.04. The van der Waals surface area contributed by atoms with Crippen molar-refractivity contribution in [2.75, 3.05) is 19.6 Å². The van der Waals surface area contributed by atoms with Crippen LogP contribution in [0.2, 0.25) is 0 Å². The quantitative estimate of drug-likeness (QED) is 0.0550. The Morgan fingerprint density at radius 2 is 1.41 bits per heavy atom. The van der Waals surface area contributed by atoms with E-state index in [4.69, 9.17) is 11.5 Å². The lowest BCUT2D eigenvalue weighted by atomic mass is 9.87. The first kappa shape index (κ1) is 41.9. The van der Waals surface area contributed by atoms with Crippen LogP contribution in [0.1, 0.15) is 48.9 Å². The largest absolute Gasteiger partial charge is 0.480 e. The van der Waals surface area contributed by atoms with Crippen LogP contribution in [0, 0.1) is 0 Å². The molecule has 0 spiro atoms. The Morgan fingerprint density at radius 3 is 2.12 bits per heavy atom. The summed E-state index contributed by atoms with van der Waals surface area (Å²) in [4.78, 5) is 76.7. The highest BCUT2D eigenvalue weighted by atomic mass is 32.1. The second-order valence-electron chi connectivity index (χ2n) is 14.8. The maximum absolute atomic E-state index is 14.7. The predicted molar refractivity (Wildman–Crippen MR) is 223 cm³/mol. The third-order valence-electron chi connectivity index (χ3n) is 10.7. The van der Waals surface area contributed by atoms with Crippen molar-refractivity contribution < 1.29 is 29.1 Å². The van der Waals surface area contributed by atoms with Gasteiger partial charge in [0.05, 0.1) is 17.2 Å². The third kappa shape index (κ3) is 10.4. The molecule has 5 aromatic rings. The number of carbonyl (C=O) groups is 5. The number of carboxylic acid groups (broad SMARTS) is 1. The first-order valence-corrected chi connectivity index (χ1v) is 20.5. The molecule has 0 bridgehead atoms. The van der Waals surface area contributed by atoms with E-state index in [1.54, 1.807) is 17.1 Å². The Balaban J connectivity index is 1.31. The third-order valence-corrected chi connectivity index (χ3v) is 11.4. The van der Waals surface area contributed by atoms with E-state index in [0.29, 0.717) is 44.6 Å². The number of para-hydroxylation sites is 1. The molecule has 2 aromatic heterocycles. The highest BCUT2D eigenvalue weighted by Crippen LogP contribution is 2.23. The first-order chi connectivity index (χ1) is 28.1. The van der Waals surface area contributed by atoms with E-state index in [-0.39, 0.29) is 32.1 Å². The van der Waals surface area contributed by atoms with Gasteiger partial charge in [-0.05, 0) is 73.3 Å². The van der Waals surface area contributed by atoms with Gasteiger partial charge in [-0.25, -0.2) is 9.78 Å². The SMILES string of the molecule is NCCCC[C@H](N)C(=O)N[C@@H](Cc1cscn1)C(=O)N[C@H](Cc1c[nH]c2ccccc12)C(=O)N[C@H](Cc1cccc2ccccc12)C(=O)NC1(C(=O)O)CCNCC1. The van der Waals surface area contributed by atoms with Crippen molar-refractivity contribution in [2.45, 2.75) is 81.1 Å². The maximum atomic E-state index is 14.7. The summed E-state index contributed by atoms with van der Waals surface area (Å²) in [5.41, 5.74) is 14.8. The number of aromatic amines is 1. The number of unbranched alkanes of at least 4 members (excludes halogenated alkanes) is 1. The van der Waals surface area contributed by atoms with Crippen LogP contribution < -0.4 is 38.1 Å². The fourth-order valence-electron chi connectivity index (χ4n) is 7.42. The molecule has 16 heteroatoms. The zero-order valence-corrected chi connectivity index (χ0v) is 33.0. The zero-order valence-electron chi connectivity index (χ0n) is 32.2. The Labute approximate surface area is 340 Å². The monoisotopic (exact) mass is 809 g/mol. The number of nitrogens with zero attached hydrogens (tertiary/aromatic N) is 1. The molecule has 4 amide bonds. The Morgan fingerprint density at radius 1 is 0.776 bits per heavy atom. The molecule has 58 heavy (non-hydrogen) atoms. The Bertz CT molecular complexity index is 2200. The number of amides is 4. The van der Waals surface area contributed by atoms with Crippen LogP contribution in [0.4, 0.5) is 0 Å². The summed E-state index contributed by atoms with van der Waals surface area (Å²) in [6.45, 7) is 1.25. The molecule has 11 N–H and O–H groups in total. The summed E-state index contributed by atoms with van der Waals surface area (Å²) in [5, 5.41) is 29.2. The number of carboxylic acids is 1. The van der Waals surface area contributed by atoms with Gasteiger partial charge >= 0.3 is 5.97 Å². The van der Waals surface area contributed by atoms with Gasteiger partial charge < -0.3 is 48.1 Å². The number of nitrogens with one attached hydrogen (secondary N) is 6. The molecule has 1 aliphatic rings. The van der Waals surface area contributed by atoms with Gasteiger partial charge in [0.25, 0.3) is 0 Å². The van der Waals surface area contributed by atoms with Crippen molar-refractivity contribution in [1.82, 2.24) is 36.6 Å². The number of fused-ring (bicyclic) bond motifs is 2. The van der Waals surface area contributed by atoms with Crippen LogP contribution in [-0.4, -0.2) is 94.0 Å². The second kappa shape index (κ2) is 19.7. The van der Waals surface area contributed by atoms with E-state index in [2.05, 4.69) is 36.6 Å². The number of aromatic nitrogens is 2. The van der Waals surface area contributed by atoms with Crippen molar-refractivity contribution >= 4 is 62.6 Å². The molecule has 0 saturated carbocycles. The number of benzene rings is 3. The van der Waals surface area contributed by atoms with Gasteiger partial charge in [0.2, 0.25) is 23.6 Å². The molecular formula is C42H51N9O6S. The van der Waals surface area contributed by atoms with E-state index in [9.17, 15) is 29.1 Å². The van der Waals surface area contributed by atoms with Crippen molar-refractivity contribution in [1.29, 1.82) is 0 Å². The van der Waals surface area contributed by atoms with Gasteiger partial charge in [-0.3, -0.25) is 19.2 Å². The number of hydrogen-bond donors (Lipinski definition) is 9. The lowest BCUT2D eigenvalue weighted by Gasteiger charge is -2.36. The van der Waals surface area contributed by atoms with E-state index < -0.39 is 59.3 Å². The van der Waals surface area contributed by atoms with E-state index in [0.717, 1.165) is 32.8 Å². The maximum Gasteiger partial charge on any atom is 0.329 e. The second-order valence-corrected chi connectivity index (χ2v) is 15.5. The molecule has 1 saturated heterocycles. The standard InChI is InChI=1S/C42H51N9O6S/c43-17-6-5-13-32(44)37(52)48-36(22-29-24-58-25-47-29)39(54)49-34(21-28-23-46-33-14-4-3-12-31(28)33)38(53)50-35(20-27-10-7-9-26-8-1-2-11-30(26)27)40(55)51-42(41(56)57)15-18-45-19-16-42/h1-4,7-12,14,23-25,32,34-36,45-46H,5-6,13,15-22,43-44H2,(H,48,52)(H,49,54)(H,50,53)(H,51,55)(H,56,57)/t32-,34+,35+,36-/m0/s1. The number of piperidine rings is 1. The van der Waals surface area contributed by atoms with Gasteiger partial charge in [-0.15, -0.1) is 11.3 Å². The summed E-state index contributed by atoms with van der Waals surface area (Å²) < 4.78 is 0. The smallest absolute Gasteiger partial charge is 0.329 e. The van der Waals surface area contributed by atoms with Crippen molar-refractivity contribution in [3.05, 3.63) is 101 Å². The number of rotatable bonds is 19. The number of H-pyrrole nitrogens is 1. The molecule has 15 nitrogen and oxygen atoms in total. The molecule has 0 radical (unpaired) electrons. The summed E-state index contributed by atoms with van der Waals surface area (Å²) in [7, 11) is 0. The topological polar surface area (TPSA) is 246 Å². The zero-order chi connectivity index (χ0) is 41.1. The average molecular weight is 810 g/mol. The lowest BCUT2D eigenvalue weighted by Crippen LogP contribution is -2.64. The average Bonchev–Trinajstić information content (AvgIpc) is 3.90. The van der Waals surface area contributed by atoms with Gasteiger partial charge in [-0.2, -0.15) is 0 Å². The molecule has 4 atom stereocenters. The van der Waals surface area contributed by atoms with Crippen molar-refractivity contribution in [3.8, 4) is 0 Å². The van der Waals surface area contributed by atoms with Gasteiger partial charge in [0, 0.05) is 41.7 Å². The van der Waals surface area contributed by atoms with Gasteiger partial charge in [0.15, 0.2) is 0 Å². The minimum absolute atomic E-state index is 0.0187. The molecule has 0 unspecified atom stereocenters. The van der Waals surface area contributed by atoms with Gasteiger partial charge in [-0.1, -0.05) is 67.1 Å². The van der Waals surface area contributed by atoms with E-state index in [1.165, 1.54) is 11.3 Å². The molecule has 0 aliphatic carbocycles. The van der Waals surface area contributed by atoms with Crippen molar-refractivity contribution in [3.63, 3.8) is 0 Å². The number of aliphatic carboxylic acids is 1. The fraction of sp³-hybridized carbons (Fsp3) is 0.381. The molecule has 3 aromatic carbocycles. The number of carbonyl (C=O) groups excluding carboxylic acids is 4. The number of hydrogen-bond acceptors (Lipinski definition) is 10. The van der Waals surface area contributed by atoms with Crippen LogP contribution in [-0.2, 0) is 43.2 Å². The summed E-state index contributed by atoms with van der Waals surface area (Å²) in [6.07, 6.45) is 3.88. The molecule has 6 rings (SSSR count). The van der Waals surface area contributed by atoms with Crippen LogP contribution in [0.3, 0.4) is 0 Å². The summed E-state index contributed by atoms with van der Waals surface area (Å²) >= 11 is 1.34. The molecule has 306 valence electrons. The highest BCUT2D eigenvalue weighted by molar-refractivity contribution is 7.07. The molecular weight excluding hydrogens is 759 g/mol. The summed E-state index contributed by atoms with van der Waals surface area (Å²) in [6, 6.07) is 16.4. The Kier molecular flexibility index (Phi) is 14.2. The van der Waals surface area contributed by atoms with Crippen LogP contribution in [0.25, 0.3) is 21.7 Å². The molecule has 1 aliphatic heterocycles. The number of nitrogens with two attached hydrogens (primary N) is 2. The molecule has 1 fully saturated rings. The molecule has 3 heterocycles. The Hall–Kier alpha value is -5.68. The van der Waals surface area contributed by atoms with Crippen LogP contribution in [0.5, 0.6) is 0 Å². The van der Waals surface area contributed by atoms with E-state index in [1.807, 2.05) is 66.7 Å². The fourth-order valence-corrected chi connectivity index (χ4v) is 7.99. The highest BCUT2D eigenvalue weighted by Gasteiger charge is 2.43. The van der Waals surface area contributed by atoms with Crippen LogP contribution >= 0.6 is 11.3 Å². The minimum Gasteiger partial charge on any atom is -0.480 e. The van der Waals surface area contributed by atoms with Crippen molar-refractivity contribution in [2.24, 2.45) is 11.5 Å². The summed E-state index contributed by atoms with van der Waals surface area (Å²) in [5.74, 6) is -3.67. The first-order valence-electron chi connectivity index (χ1n) is 19.6. The lowest BCUT2D eigenvalue weighted by molar-refractivity contribution is -0.149. The van der Waals surface area contributed by atoms with Crippen LogP contribution in [0.15, 0.2) is 83.8 Å². The normalized spacial score (nSPS) is 15.8.